The summed E-state index contributed by atoms with van der Waals surface area (Å²) in [6.07, 6.45) is -5.10. The molecule has 0 spiro atoms. The van der Waals surface area contributed by atoms with Crippen LogP contribution in [0.2, 0.25) is 0 Å². The van der Waals surface area contributed by atoms with Gasteiger partial charge in [-0.2, -0.15) is 0 Å². The third-order valence-electron chi connectivity index (χ3n) is 2.98. The number of aliphatic hydroxyl groups excluding tert-OH is 3. The van der Waals surface area contributed by atoms with Crippen molar-refractivity contribution >= 4 is 0 Å². The fourth-order valence-corrected chi connectivity index (χ4v) is 1.93. The van der Waals surface area contributed by atoms with Gasteiger partial charge in [0.15, 0.2) is 12.4 Å². The van der Waals surface area contributed by atoms with E-state index < -0.39 is 49.2 Å². The maximum atomic E-state index is 13.8. The molecule has 1 fully saturated rings. The second-order valence-electron chi connectivity index (χ2n) is 4.10. The fraction of sp³-hybridized carbons (Fsp3) is 0.600. The second kappa shape index (κ2) is 5.21. The summed E-state index contributed by atoms with van der Waals surface area (Å²) in [7, 11) is 0. The number of nitrogens with zero attached hydrogens (tertiary/aromatic N) is 2. The average Bonchev–Trinajstić information content (AvgIpc) is 2.67. The van der Waals surface area contributed by atoms with Crippen molar-refractivity contribution < 1.29 is 24.4 Å². The van der Waals surface area contributed by atoms with Gasteiger partial charge in [-0.05, 0) is 0 Å². The van der Waals surface area contributed by atoms with Gasteiger partial charge < -0.3 is 20.1 Å². The number of halogens is 1. The highest BCUT2D eigenvalue weighted by molar-refractivity contribution is 4.94. The first-order chi connectivity index (χ1) is 9.01. The molecule has 4 atom stereocenters. The smallest absolute Gasteiger partial charge is 0.335 e. The third-order valence-corrected chi connectivity index (χ3v) is 2.98. The fourth-order valence-electron chi connectivity index (χ4n) is 1.93. The molecular weight excluding hydrogens is 263 g/mol. The lowest BCUT2D eigenvalue weighted by molar-refractivity contribution is -0.0500. The van der Waals surface area contributed by atoms with E-state index in [1.54, 1.807) is 0 Å². The van der Waals surface area contributed by atoms with E-state index in [0.29, 0.717) is 4.57 Å². The van der Waals surface area contributed by atoms with E-state index in [1.807, 2.05) is 0 Å². The van der Waals surface area contributed by atoms with E-state index in [-0.39, 0.29) is 0 Å². The van der Waals surface area contributed by atoms with Crippen LogP contribution in [-0.4, -0.2) is 49.4 Å². The number of alkyl halides is 1. The van der Waals surface area contributed by atoms with Gasteiger partial charge in [0.25, 0.3) is 5.56 Å². The van der Waals surface area contributed by atoms with Gasteiger partial charge in [-0.1, -0.05) is 0 Å². The standard InChI is InChI=1S/C10H13FN2O6/c11-7-8(17)5(3-14)19-9(7)12-2-1-6(16)13(4-15)10(12)18/h1-2,5,7-9,14-15,17H,3-4H2/t5-,7-,8-,9+/m1/s1. The van der Waals surface area contributed by atoms with Crippen LogP contribution < -0.4 is 11.2 Å². The van der Waals surface area contributed by atoms with E-state index in [2.05, 4.69) is 0 Å². The van der Waals surface area contributed by atoms with Crippen LogP contribution in [0.1, 0.15) is 6.23 Å². The second-order valence-corrected chi connectivity index (χ2v) is 4.10. The monoisotopic (exact) mass is 276 g/mol. The summed E-state index contributed by atoms with van der Waals surface area (Å²) in [5.74, 6) is 0. The van der Waals surface area contributed by atoms with E-state index in [4.69, 9.17) is 14.9 Å². The van der Waals surface area contributed by atoms with E-state index >= 15 is 0 Å². The van der Waals surface area contributed by atoms with Gasteiger partial charge in [-0.15, -0.1) is 0 Å². The molecule has 0 amide bonds. The Morgan fingerprint density at radius 2 is 2.05 bits per heavy atom. The molecule has 1 aromatic heterocycles. The molecule has 1 aliphatic rings. The van der Waals surface area contributed by atoms with E-state index in [1.165, 1.54) is 0 Å². The first kappa shape index (κ1) is 13.9. The maximum Gasteiger partial charge on any atom is 0.335 e. The quantitative estimate of drug-likeness (QED) is 0.564. The molecule has 3 N–H and O–H groups in total. The molecule has 19 heavy (non-hydrogen) atoms. The highest BCUT2D eigenvalue weighted by atomic mass is 19.1. The predicted octanol–water partition coefficient (Wildman–Crippen LogP) is -2.45. The Labute approximate surface area is 105 Å². The minimum atomic E-state index is -1.93. The number of hydrogen-bond donors (Lipinski definition) is 3. The summed E-state index contributed by atoms with van der Waals surface area (Å²) in [4.78, 5) is 23.1. The molecule has 8 nitrogen and oxygen atoms in total. The molecule has 9 heteroatoms. The zero-order valence-corrected chi connectivity index (χ0v) is 9.72. The highest BCUT2D eigenvalue weighted by Gasteiger charge is 2.45. The largest absolute Gasteiger partial charge is 0.394 e. The molecule has 0 radical (unpaired) electrons. The van der Waals surface area contributed by atoms with Crippen LogP contribution in [0.4, 0.5) is 4.39 Å². The Hall–Kier alpha value is -1.55. The Bertz CT molecular complexity index is 570. The lowest BCUT2D eigenvalue weighted by atomic mass is 10.1. The average molecular weight is 276 g/mol. The zero-order valence-electron chi connectivity index (χ0n) is 9.72. The van der Waals surface area contributed by atoms with Crippen LogP contribution in [-0.2, 0) is 11.5 Å². The molecule has 0 unspecified atom stereocenters. The third kappa shape index (κ3) is 2.21. The first-order valence-corrected chi connectivity index (χ1v) is 5.52. The Balaban J connectivity index is 2.44. The predicted molar refractivity (Wildman–Crippen MR) is 59.1 cm³/mol. The zero-order chi connectivity index (χ0) is 14.2. The van der Waals surface area contributed by atoms with Gasteiger partial charge in [-0.25, -0.2) is 13.8 Å². The molecule has 2 rings (SSSR count). The summed E-state index contributed by atoms with van der Waals surface area (Å²) in [5.41, 5.74) is -1.70. The molecule has 0 saturated carbocycles. The van der Waals surface area contributed by atoms with Crippen molar-refractivity contribution in [3.63, 3.8) is 0 Å². The lowest BCUT2D eigenvalue weighted by Crippen LogP contribution is -2.42. The van der Waals surface area contributed by atoms with Crippen molar-refractivity contribution in [3.05, 3.63) is 33.1 Å². The van der Waals surface area contributed by atoms with Crippen molar-refractivity contribution in [2.75, 3.05) is 6.61 Å². The molecule has 0 aliphatic carbocycles. The van der Waals surface area contributed by atoms with Crippen molar-refractivity contribution in [3.8, 4) is 0 Å². The van der Waals surface area contributed by atoms with Crippen molar-refractivity contribution in [1.29, 1.82) is 0 Å². The maximum absolute atomic E-state index is 13.8. The first-order valence-electron chi connectivity index (χ1n) is 5.52. The van der Waals surface area contributed by atoms with Crippen LogP contribution >= 0.6 is 0 Å². The van der Waals surface area contributed by atoms with Crippen LogP contribution in [0.3, 0.4) is 0 Å². The lowest BCUT2D eigenvalue weighted by Gasteiger charge is -2.16. The van der Waals surface area contributed by atoms with E-state index in [0.717, 1.165) is 16.8 Å². The molecule has 0 aromatic carbocycles. The van der Waals surface area contributed by atoms with Gasteiger partial charge in [-0.3, -0.25) is 9.36 Å². The number of rotatable bonds is 3. The molecular formula is C10H13FN2O6. The molecule has 1 aliphatic heterocycles. The summed E-state index contributed by atoms with van der Waals surface area (Å²) in [5, 5.41) is 27.3. The molecule has 2 heterocycles. The highest BCUT2D eigenvalue weighted by Crippen LogP contribution is 2.30. The Kier molecular flexibility index (Phi) is 3.80. The van der Waals surface area contributed by atoms with Crippen LogP contribution in [0.15, 0.2) is 21.9 Å². The summed E-state index contributed by atoms with van der Waals surface area (Å²) in [6, 6.07) is 0.965. The van der Waals surface area contributed by atoms with Crippen LogP contribution in [0.5, 0.6) is 0 Å². The number of aliphatic hydroxyl groups is 3. The normalized spacial score (nSPS) is 30.7. The summed E-state index contributed by atoms with van der Waals surface area (Å²) < 4.78 is 20.1. The summed E-state index contributed by atoms with van der Waals surface area (Å²) >= 11 is 0. The topological polar surface area (TPSA) is 114 Å². The Morgan fingerprint density at radius 1 is 1.37 bits per heavy atom. The van der Waals surface area contributed by atoms with Gasteiger partial charge in [0.2, 0.25) is 0 Å². The van der Waals surface area contributed by atoms with Gasteiger partial charge in [0.05, 0.1) is 6.61 Å². The van der Waals surface area contributed by atoms with E-state index in [9.17, 15) is 19.1 Å². The van der Waals surface area contributed by atoms with Crippen molar-refractivity contribution in [2.24, 2.45) is 0 Å². The number of hydrogen-bond acceptors (Lipinski definition) is 6. The van der Waals surface area contributed by atoms with Crippen LogP contribution in [0, 0.1) is 0 Å². The minimum absolute atomic E-state index is 0.481. The molecule has 0 bridgehead atoms. The number of ether oxygens (including phenoxy) is 1. The molecule has 106 valence electrons. The minimum Gasteiger partial charge on any atom is -0.394 e. The van der Waals surface area contributed by atoms with Crippen molar-refractivity contribution in [2.45, 2.75) is 31.3 Å². The van der Waals surface area contributed by atoms with Gasteiger partial charge in [0, 0.05) is 12.3 Å². The van der Waals surface area contributed by atoms with Gasteiger partial charge >= 0.3 is 5.69 Å². The Morgan fingerprint density at radius 3 is 2.58 bits per heavy atom. The number of aromatic nitrogens is 2. The van der Waals surface area contributed by atoms with Crippen LogP contribution in [0.25, 0.3) is 0 Å². The molecule has 1 aromatic rings. The van der Waals surface area contributed by atoms with Crippen molar-refractivity contribution in [1.82, 2.24) is 9.13 Å². The molecule has 1 saturated heterocycles. The van der Waals surface area contributed by atoms with Gasteiger partial charge in [0.1, 0.15) is 18.9 Å². The summed E-state index contributed by atoms with van der Waals surface area (Å²) in [6.45, 7) is -1.46. The SMILES string of the molecule is O=c1ccn([C@H]2O[C@H](CO)[C@@H](O)[C@H]2F)c(=O)n1CO.